The molecule has 1 aromatic carbocycles. The number of nitrogens with zero attached hydrogens (tertiary/aromatic N) is 7. The highest BCUT2D eigenvalue weighted by molar-refractivity contribution is 5.95. The van der Waals surface area contributed by atoms with E-state index in [2.05, 4.69) is 20.2 Å². The molecule has 5 heterocycles. The summed E-state index contributed by atoms with van der Waals surface area (Å²) in [6, 6.07) is 9.97. The lowest BCUT2D eigenvalue weighted by atomic mass is 10.2. The normalized spacial score (nSPS) is 14.1. The van der Waals surface area contributed by atoms with Gasteiger partial charge in [0.2, 0.25) is 5.95 Å². The lowest BCUT2D eigenvalue weighted by Crippen LogP contribution is -2.49. The minimum absolute atomic E-state index is 0.157. The third-order valence-electron chi connectivity index (χ3n) is 6.27. The predicted molar refractivity (Wildman–Crippen MR) is 128 cm³/mol. The van der Waals surface area contributed by atoms with Crippen LogP contribution in [0.2, 0.25) is 0 Å². The average Bonchev–Trinajstić information content (AvgIpc) is 3.64. The van der Waals surface area contributed by atoms with Crippen molar-refractivity contribution in [2.75, 3.05) is 31.1 Å². The molecule has 12 heteroatoms. The van der Waals surface area contributed by atoms with Crippen LogP contribution in [-0.4, -0.2) is 66.3 Å². The van der Waals surface area contributed by atoms with Gasteiger partial charge in [-0.2, -0.15) is 5.10 Å². The lowest BCUT2D eigenvalue weighted by molar-refractivity contribution is 0.0744. The number of hydrogen-bond donors (Lipinski definition) is 1. The van der Waals surface area contributed by atoms with Crippen LogP contribution in [0.15, 0.2) is 64.2 Å². The molecule has 0 saturated carbocycles. The number of piperazine rings is 1. The highest BCUT2D eigenvalue weighted by Gasteiger charge is 2.27. The maximum absolute atomic E-state index is 13.5. The Morgan fingerprint density at radius 3 is 2.75 bits per heavy atom. The fraction of sp³-hybridized carbons (Fsp3) is 0.208. The topological polar surface area (TPSA) is 118 Å². The van der Waals surface area contributed by atoms with E-state index in [1.807, 2.05) is 4.90 Å². The van der Waals surface area contributed by atoms with Gasteiger partial charge in [0.05, 0.1) is 23.7 Å². The van der Waals surface area contributed by atoms with E-state index in [4.69, 9.17) is 4.42 Å². The molecule has 0 radical (unpaired) electrons. The van der Waals surface area contributed by atoms with Crippen molar-refractivity contribution in [2.24, 2.45) is 0 Å². The van der Waals surface area contributed by atoms with Crippen molar-refractivity contribution in [1.29, 1.82) is 0 Å². The number of oxazole rings is 1. The molecule has 0 bridgehead atoms. The summed E-state index contributed by atoms with van der Waals surface area (Å²) in [5.41, 5.74) is 1.75. The third kappa shape index (κ3) is 3.72. The van der Waals surface area contributed by atoms with Crippen LogP contribution in [0.1, 0.15) is 16.1 Å². The lowest BCUT2D eigenvalue weighted by Gasteiger charge is -2.33. The number of amides is 1. The Balaban J connectivity index is 1.16. The Morgan fingerprint density at radius 1 is 1.11 bits per heavy atom. The number of aromatic amines is 1. The van der Waals surface area contributed by atoms with Crippen LogP contribution < -0.4 is 10.5 Å². The number of benzene rings is 1. The molecule has 0 unspecified atom stereocenters. The van der Waals surface area contributed by atoms with E-state index in [1.54, 1.807) is 48.5 Å². The van der Waals surface area contributed by atoms with Gasteiger partial charge in [0, 0.05) is 37.9 Å². The van der Waals surface area contributed by atoms with Gasteiger partial charge in [-0.05, 0) is 31.2 Å². The van der Waals surface area contributed by atoms with Gasteiger partial charge in [0.1, 0.15) is 11.3 Å². The molecule has 1 aliphatic rings. The third-order valence-corrected chi connectivity index (χ3v) is 6.27. The molecular formula is C24H21FN8O3. The van der Waals surface area contributed by atoms with E-state index in [0.717, 1.165) is 0 Å². The molecule has 0 atom stereocenters. The minimum atomic E-state index is -0.344. The Labute approximate surface area is 203 Å². The molecule has 182 valence electrons. The van der Waals surface area contributed by atoms with Crippen molar-refractivity contribution in [3.05, 3.63) is 82.4 Å². The quantitative estimate of drug-likeness (QED) is 0.412. The Hall–Kier alpha value is -4.74. The predicted octanol–water partition coefficient (Wildman–Crippen LogP) is 2.27. The largest absolute Gasteiger partial charge is 0.423 e. The summed E-state index contributed by atoms with van der Waals surface area (Å²) in [6.07, 6.45) is 4.74. The fourth-order valence-electron chi connectivity index (χ4n) is 4.32. The van der Waals surface area contributed by atoms with Gasteiger partial charge in [-0.25, -0.2) is 18.6 Å². The van der Waals surface area contributed by atoms with Gasteiger partial charge in [0.25, 0.3) is 17.5 Å². The van der Waals surface area contributed by atoms with Gasteiger partial charge < -0.3 is 14.2 Å². The second kappa shape index (κ2) is 8.48. The molecule has 1 aliphatic heterocycles. The van der Waals surface area contributed by atoms with Crippen molar-refractivity contribution in [3.63, 3.8) is 0 Å². The number of halogens is 1. The highest BCUT2D eigenvalue weighted by Crippen LogP contribution is 2.26. The van der Waals surface area contributed by atoms with E-state index >= 15 is 0 Å². The molecule has 5 aromatic rings. The van der Waals surface area contributed by atoms with Crippen molar-refractivity contribution in [1.82, 2.24) is 34.3 Å². The number of rotatable bonds is 4. The van der Waals surface area contributed by atoms with E-state index in [-0.39, 0.29) is 23.2 Å². The Bertz CT molecular complexity index is 1640. The summed E-state index contributed by atoms with van der Waals surface area (Å²) < 4.78 is 22.3. The molecule has 0 spiro atoms. The molecule has 4 aromatic heterocycles. The fourth-order valence-corrected chi connectivity index (χ4v) is 4.32. The molecule has 1 fully saturated rings. The van der Waals surface area contributed by atoms with Crippen LogP contribution in [0.25, 0.3) is 22.8 Å². The first-order chi connectivity index (χ1) is 17.5. The van der Waals surface area contributed by atoms with Gasteiger partial charge >= 0.3 is 0 Å². The molecule has 1 N–H and O–H groups in total. The van der Waals surface area contributed by atoms with E-state index in [9.17, 15) is 14.0 Å². The van der Waals surface area contributed by atoms with Crippen molar-refractivity contribution < 1.29 is 13.6 Å². The second-order valence-electron chi connectivity index (χ2n) is 8.47. The second-order valence-corrected chi connectivity index (χ2v) is 8.47. The van der Waals surface area contributed by atoms with E-state index in [0.29, 0.717) is 60.3 Å². The molecule has 36 heavy (non-hydrogen) atoms. The van der Waals surface area contributed by atoms with Gasteiger partial charge in [0.15, 0.2) is 5.76 Å². The number of H-pyrrole nitrogens is 1. The standard InChI is InChI=1S/C24H21FN8O3/c1-15-18(13-27-33(15)23-28-21(34)19-6-3-7-32(19)29-23)22(35)30-8-10-31(11-9-30)24-26-14-20(36-24)16-4-2-5-17(25)12-16/h2-7,12-14H,8-11H2,1H3,(H,28,29,34). The molecule has 6 rings (SSSR count). The maximum atomic E-state index is 13.5. The molecule has 0 aliphatic carbocycles. The van der Waals surface area contributed by atoms with Crippen molar-refractivity contribution in [2.45, 2.75) is 6.92 Å². The summed E-state index contributed by atoms with van der Waals surface area (Å²) in [5.74, 6) is 0.207. The number of carbonyl (C=O) groups is 1. The molecule has 11 nitrogen and oxygen atoms in total. The van der Waals surface area contributed by atoms with Crippen LogP contribution in [-0.2, 0) is 0 Å². The number of carbonyl (C=O) groups excluding carboxylic acids is 1. The molecule has 1 amide bonds. The van der Waals surface area contributed by atoms with Crippen LogP contribution in [0, 0.1) is 12.7 Å². The average molecular weight is 488 g/mol. The minimum Gasteiger partial charge on any atom is -0.423 e. The summed E-state index contributed by atoms with van der Waals surface area (Å²) >= 11 is 0. The first-order valence-corrected chi connectivity index (χ1v) is 11.4. The zero-order valence-corrected chi connectivity index (χ0v) is 19.3. The van der Waals surface area contributed by atoms with Gasteiger partial charge in [-0.15, -0.1) is 5.10 Å². The van der Waals surface area contributed by atoms with Crippen LogP contribution in [0.4, 0.5) is 10.4 Å². The Morgan fingerprint density at radius 2 is 1.94 bits per heavy atom. The first-order valence-electron chi connectivity index (χ1n) is 11.4. The summed E-state index contributed by atoms with van der Waals surface area (Å²) in [7, 11) is 0. The van der Waals surface area contributed by atoms with E-state index < -0.39 is 0 Å². The number of hydrogen-bond acceptors (Lipinski definition) is 7. The van der Waals surface area contributed by atoms with Gasteiger partial charge in [-0.1, -0.05) is 12.1 Å². The monoisotopic (exact) mass is 488 g/mol. The smallest absolute Gasteiger partial charge is 0.297 e. The molecule has 1 saturated heterocycles. The zero-order chi connectivity index (χ0) is 24.8. The van der Waals surface area contributed by atoms with Crippen molar-refractivity contribution >= 4 is 17.4 Å². The Kier molecular flexibility index (Phi) is 5.13. The summed E-state index contributed by atoms with van der Waals surface area (Å²) in [4.78, 5) is 36.3. The first kappa shape index (κ1) is 21.8. The number of aromatic nitrogens is 6. The zero-order valence-electron chi connectivity index (χ0n) is 19.3. The molecular weight excluding hydrogens is 467 g/mol. The summed E-state index contributed by atoms with van der Waals surface area (Å²) in [5, 5.41) is 8.67. The highest BCUT2D eigenvalue weighted by atomic mass is 19.1. The van der Waals surface area contributed by atoms with E-state index in [1.165, 1.54) is 27.5 Å². The van der Waals surface area contributed by atoms with Gasteiger partial charge in [-0.3, -0.25) is 14.6 Å². The van der Waals surface area contributed by atoms with Crippen LogP contribution >= 0.6 is 0 Å². The number of nitrogens with one attached hydrogen (secondary N) is 1. The summed E-state index contributed by atoms with van der Waals surface area (Å²) in [6.45, 7) is 3.75. The van der Waals surface area contributed by atoms with Crippen LogP contribution in [0.3, 0.4) is 0 Å². The SMILES string of the molecule is Cc1c(C(=O)N2CCN(c3ncc(-c4cccc(F)c4)o3)CC2)cnn1-c1nn2cccc2c(=O)[nH]1. The van der Waals surface area contributed by atoms with Crippen molar-refractivity contribution in [3.8, 4) is 17.3 Å². The number of anilines is 1. The number of fused-ring (bicyclic) bond motifs is 1. The maximum Gasteiger partial charge on any atom is 0.297 e. The van der Waals surface area contributed by atoms with Crippen LogP contribution in [0.5, 0.6) is 0 Å².